The molecule has 1 aromatic carbocycles. The molecule has 1 saturated heterocycles. The Morgan fingerprint density at radius 3 is 2.70 bits per heavy atom. The predicted octanol–water partition coefficient (Wildman–Crippen LogP) is -0.161. The van der Waals surface area contributed by atoms with Gasteiger partial charge in [-0.15, -0.1) is 0 Å². The van der Waals surface area contributed by atoms with Crippen LogP contribution in [0.3, 0.4) is 0 Å². The van der Waals surface area contributed by atoms with Crippen LogP contribution in [-0.4, -0.2) is 62.6 Å². The molecule has 8 nitrogen and oxygen atoms in total. The van der Waals surface area contributed by atoms with Crippen molar-refractivity contribution in [3.05, 3.63) is 18.2 Å². The van der Waals surface area contributed by atoms with Crippen molar-refractivity contribution >= 4 is 29.1 Å². The number of hydrogen-bond acceptors (Lipinski definition) is 5. The van der Waals surface area contributed by atoms with Gasteiger partial charge in [0.15, 0.2) is 6.61 Å². The molecule has 2 heterocycles. The summed E-state index contributed by atoms with van der Waals surface area (Å²) in [6, 6.07) is 4.90. The first-order valence-corrected chi connectivity index (χ1v) is 7.27. The van der Waals surface area contributed by atoms with E-state index < -0.39 is 11.8 Å². The third-order valence-electron chi connectivity index (χ3n) is 3.80. The molecule has 0 unspecified atom stereocenters. The van der Waals surface area contributed by atoms with E-state index in [1.54, 1.807) is 25.2 Å². The molecule has 0 bridgehead atoms. The quantitative estimate of drug-likeness (QED) is 0.727. The Morgan fingerprint density at radius 2 is 1.96 bits per heavy atom. The van der Waals surface area contributed by atoms with E-state index in [4.69, 9.17) is 9.47 Å². The van der Waals surface area contributed by atoms with Gasteiger partial charge in [-0.05, 0) is 18.2 Å². The molecule has 0 aliphatic carbocycles. The van der Waals surface area contributed by atoms with E-state index in [1.807, 2.05) is 0 Å². The van der Waals surface area contributed by atoms with Gasteiger partial charge >= 0.3 is 11.8 Å². The van der Waals surface area contributed by atoms with E-state index >= 15 is 0 Å². The number of benzene rings is 1. The van der Waals surface area contributed by atoms with Crippen LogP contribution >= 0.6 is 0 Å². The van der Waals surface area contributed by atoms with E-state index in [0.29, 0.717) is 43.4 Å². The Balaban J connectivity index is 1.71. The molecule has 1 aromatic rings. The molecule has 8 heteroatoms. The second-order valence-corrected chi connectivity index (χ2v) is 5.28. The SMILES string of the molecule is CN1C(=O)COc2ccc(NC(=O)C(=O)N3CCOCC3)cc21. The molecule has 0 atom stereocenters. The van der Waals surface area contributed by atoms with Crippen LogP contribution < -0.4 is 15.0 Å². The Hall–Kier alpha value is -2.61. The molecule has 0 aromatic heterocycles. The van der Waals surface area contributed by atoms with Gasteiger partial charge in [-0.25, -0.2) is 0 Å². The van der Waals surface area contributed by atoms with E-state index in [0.717, 1.165) is 0 Å². The zero-order chi connectivity index (χ0) is 16.4. The summed E-state index contributed by atoms with van der Waals surface area (Å²) in [4.78, 5) is 38.7. The van der Waals surface area contributed by atoms with Crippen LogP contribution in [0.1, 0.15) is 0 Å². The monoisotopic (exact) mass is 319 g/mol. The van der Waals surface area contributed by atoms with Gasteiger partial charge in [0.1, 0.15) is 5.75 Å². The minimum atomic E-state index is -0.711. The molecular formula is C15H17N3O5. The summed E-state index contributed by atoms with van der Waals surface area (Å²) in [5.41, 5.74) is 0.985. The fourth-order valence-electron chi connectivity index (χ4n) is 2.44. The molecule has 2 aliphatic heterocycles. The van der Waals surface area contributed by atoms with Crippen molar-refractivity contribution in [2.24, 2.45) is 0 Å². The van der Waals surface area contributed by atoms with Crippen molar-refractivity contribution in [2.45, 2.75) is 0 Å². The average Bonchev–Trinajstić information content (AvgIpc) is 2.58. The highest BCUT2D eigenvalue weighted by Gasteiger charge is 2.25. The lowest BCUT2D eigenvalue weighted by Gasteiger charge is -2.27. The summed E-state index contributed by atoms with van der Waals surface area (Å²) in [5.74, 6) is -0.917. The molecule has 23 heavy (non-hydrogen) atoms. The van der Waals surface area contributed by atoms with Crippen LogP contribution in [0.2, 0.25) is 0 Å². The largest absolute Gasteiger partial charge is 0.482 e. The summed E-state index contributed by atoms with van der Waals surface area (Å²) < 4.78 is 10.5. The highest BCUT2D eigenvalue weighted by atomic mass is 16.5. The summed E-state index contributed by atoms with van der Waals surface area (Å²) in [6.07, 6.45) is 0. The topological polar surface area (TPSA) is 88.2 Å². The summed E-state index contributed by atoms with van der Waals surface area (Å²) >= 11 is 0. The third kappa shape index (κ3) is 3.11. The number of fused-ring (bicyclic) bond motifs is 1. The molecule has 3 rings (SSSR count). The molecule has 0 radical (unpaired) electrons. The van der Waals surface area contributed by atoms with Crippen molar-refractivity contribution in [3.8, 4) is 5.75 Å². The van der Waals surface area contributed by atoms with Gasteiger partial charge in [0.2, 0.25) is 0 Å². The maximum absolute atomic E-state index is 12.1. The van der Waals surface area contributed by atoms with Crippen LogP contribution in [-0.2, 0) is 19.1 Å². The number of rotatable bonds is 1. The number of nitrogens with zero attached hydrogens (tertiary/aromatic N) is 2. The maximum atomic E-state index is 12.1. The lowest BCUT2D eigenvalue weighted by molar-refractivity contribution is -0.145. The molecular weight excluding hydrogens is 302 g/mol. The number of likely N-dealkylation sites (N-methyl/N-ethyl adjacent to an activating group) is 1. The number of amides is 3. The zero-order valence-corrected chi connectivity index (χ0v) is 12.7. The molecule has 2 aliphatic rings. The normalized spacial score (nSPS) is 17.3. The lowest BCUT2D eigenvalue weighted by atomic mass is 10.2. The minimum Gasteiger partial charge on any atom is -0.482 e. The Bertz CT molecular complexity index is 655. The van der Waals surface area contributed by atoms with Gasteiger partial charge < -0.3 is 24.6 Å². The fourth-order valence-corrected chi connectivity index (χ4v) is 2.44. The number of morpholine rings is 1. The zero-order valence-electron chi connectivity index (χ0n) is 12.7. The van der Waals surface area contributed by atoms with Gasteiger partial charge in [0.05, 0.1) is 18.9 Å². The summed E-state index contributed by atoms with van der Waals surface area (Å²) in [7, 11) is 1.63. The molecule has 1 fully saturated rings. The van der Waals surface area contributed by atoms with E-state index in [9.17, 15) is 14.4 Å². The van der Waals surface area contributed by atoms with Crippen molar-refractivity contribution in [1.82, 2.24) is 4.90 Å². The van der Waals surface area contributed by atoms with Crippen molar-refractivity contribution in [3.63, 3.8) is 0 Å². The number of anilines is 2. The number of carbonyl (C=O) groups is 3. The lowest BCUT2D eigenvalue weighted by Crippen LogP contribution is -2.45. The summed E-state index contributed by atoms with van der Waals surface area (Å²) in [6.45, 7) is 1.66. The number of nitrogens with one attached hydrogen (secondary N) is 1. The first kappa shape index (κ1) is 15.3. The van der Waals surface area contributed by atoms with Gasteiger partial charge in [0.25, 0.3) is 5.91 Å². The van der Waals surface area contributed by atoms with Crippen LogP contribution in [0, 0.1) is 0 Å². The Labute approximate surface area is 132 Å². The van der Waals surface area contributed by atoms with E-state index in [2.05, 4.69) is 5.32 Å². The van der Waals surface area contributed by atoms with Crippen molar-refractivity contribution in [2.75, 3.05) is 50.2 Å². The molecule has 0 spiro atoms. The van der Waals surface area contributed by atoms with Crippen LogP contribution in [0.15, 0.2) is 18.2 Å². The maximum Gasteiger partial charge on any atom is 0.313 e. The Morgan fingerprint density at radius 1 is 1.22 bits per heavy atom. The van der Waals surface area contributed by atoms with E-state index in [1.165, 1.54) is 9.80 Å². The smallest absolute Gasteiger partial charge is 0.313 e. The number of hydrogen-bond donors (Lipinski definition) is 1. The summed E-state index contributed by atoms with van der Waals surface area (Å²) in [5, 5.41) is 2.56. The van der Waals surface area contributed by atoms with Gasteiger partial charge in [0, 0.05) is 25.8 Å². The molecule has 122 valence electrons. The van der Waals surface area contributed by atoms with Gasteiger partial charge in [-0.3, -0.25) is 14.4 Å². The van der Waals surface area contributed by atoms with Crippen LogP contribution in [0.25, 0.3) is 0 Å². The second-order valence-electron chi connectivity index (χ2n) is 5.28. The van der Waals surface area contributed by atoms with Crippen molar-refractivity contribution < 1.29 is 23.9 Å². The molecule has 0 saturated carbocycles. The minimum absolute atomic E-state index is 0.00920. The van der Waals surface area contributed by atoms with Crippen LogP contribution in [0.5, 0.6) is 5.75 Å². The highest BCUT2D eigenvalue weighted by molar-refractivity contribution is 6.39. The average molecular weight is 319 g/mol. The highest BCUT2D eigenvalue weighted by Crippen LogP contribution is 2.33. The number of carbonyl (C=O) groups excluding carboxylic acids is 3. The van der Waals surface area contributed by atoms with Gasteiger partial charge in [-0.2, -0.15) is 0 Å². The first-order valence-electron chi connectivity index (χ1n) is 7.27. The first-order chi connectivity index (χ1) is 11.1. The fraction of sp³-hybridized carbons (Fsp3) is 0.400. The number of ether oxygens (including phenoxy) is 2. The third-order valence-corrected chi connectivity index (χ3v) is 3.80. The second kappa shape index (κ2) is 6.25. The van der Waals surface area contributed by atoms with E-state index in [-0.39, 0.29) is 12.5 Å². The molecule has 1 N–H and O–H groups in total. The van der Waals surface area contributed by atoms with Crippen molar-refractivity contribution in [1.29, 1.82) is 0 Å². The Kier molecular flexibility index (Phi) is 4.16. The van der Waals surface area contributed by atoms with Gasteiger partial charge in [-0.1, -0.05) is 0 Å². The van der Waals surface area contributed by atoms with Crippen LogP contribution in [0.4, 0.5) is 11.4 Å². The molecule has 3 amide bonds. The predicted molar refractivity (Wildman–Crippen MR) is 81.4 cm³/mol. The standard InChI is InChI=1S/C15H17N3O5/c1-17-11-8-10(2-3-12(11)23-9-13(17)19)16-14(20)15(21)18-4-6-22-7-5-18/h2-3,8H,4-7,9H2,1H3,(H,16,20).